The number of nitro benzene ring substituents is 1. The lowest BCUT2D eigenvalue weighted by Gasteiger charge is -2.09. The molecule has 2 rings (SSSR count). The highest BCUT2D eigenvalue weighted by atomic mass is 16.6. The number of carbonyl (C=O) groups is 1. The van der Waals surface area contributed by atoms with Gasteiger partial charge in [0.1, 0.15) is 11.5 Å². The number of nitrogens with one attached hydrogen (secondary N) is 1. The Bertz CT molecular complexity index is 715. The maximum Gasteiger partial charge on any atom is 0.271 e. The van der Waals surface area contributed by atoms with Crippen molar-refractivity contribution in [3.05, 3.63) is 58.1 Å². The minimum absolute atomic E-state index is 0.00546. The summed E-state index contributed by atoms with van der Waals surface area (Å²) in [5.74, 6) is -0.0832. The minimum atomic E-state index is -0.602. The number of para-hydroxylation sites is 1. The molecule has 22 heavy (non-hydrogen) atoms. The maximum absolute atomic E-state index is 12.0. The van der Waals surface area contributed by atoms with Crippen LogP contribution in [0.5, 0.6) is 11.5 Å². The Hall–Kier alpha value is -3.09. The number of non-ortho nitro benzene ring substituents is 1. The molecule has 0 bridgehead atoms. The van der Waals surface area contributed by atoms with E-state index in [2.05, 4.69) is 5.32 Å². The molecule has 0 radical (unpaired) electrons. The van der Waals surface area contributed by atoms with Gasteiger partial charge in [-0.2, -0.15) is 0 Å². The number of aromatic hydroxyl groups is 1. The molecule has 0 fully saturated rings. The second kappa shape index (κ2) is 6.57. The van der Waals surface area contributed by atoms with Crippen LogP contribution in [0.25, 0.3) is 0 Å². The lowest BCUT2D eigenvalue weighted by Crippen LogP contribution is -2.15. The number of nitro groups is 1. The average molecular weight is 302 g/mol. The Kier molecular flexibility index (Phi) is 4.57. The summed E-state index contributed by atoms with van der Waals surface area (Å²) in [7, 11) is 1.50. The van der Waals surface area contributed by atoms with Gasteiger partial charge in [0, 0.05) is 17.7 Å². The van der Waals surface area contributed by atoms with Crippen LogP contribution < -0.4 is 10.1 Å². The summed E-state index contributed by atoms with van der Waals surface area (Å²) in [6, 6.07) is 10.5. The highest BCUT2D eigenvalue weighted by Gasteiger charge is 2.14. The molecule has 0 spiro atoms. The van der Waals surface area contributed by atoms with E-state index in [0.29, 0.717) is 11.3 Å². The molecule has 0 atom stereocenters. The number of rotatable bonds is 5. The normalized spacial score (nSPS) is 10.0. The molecule has 0 heterocycles. The second-order valence-electron chi connectivity index (χ2n) is 4.50. The van der Waals surface area contributed by atoms with E-state index in [1.807, 2.05) is 0 Å². The van der Waals surface area contributed by atoms with E-state index < -0.39 is 10.8 Å². The second-order valence-corrected chi connectivity index (χ2v) is 4.50. The summed E-state index contributed by atoms with van der Waals surface area (Å²) in [4.78, 5) is 22.2. The van der Waals surface area contributed by atoms with E-state index >= 15 is 0 Å². The summed E-state index contributed by atoms with van der Waals surface area (Å²) in [5, 5.41) is 22.8. The van der Waals surface area contributed by atoms with Crippen LogP contribution in [-0.4, -0.2) is 23.0 Å². The summed E-state index contributed by atoms with van der Waals surface area (Å²) in [5.41, 5.74) is 0.451. The van der Waals surface area contributed by atoms with Crippen LogP contribution in [-0.2, 0) is 11.2 Å². The van der Waals surface area contributed by atoms with Crippen molar-refractivity contribution in [3.8, 4) is 11.5 Å². The van der Waals surface area contributed by atoms with Gasteiger partial charge in [-0.25, -0.2) is 0 Å². The molecule has 2 aromatic carbocycles. The molecule has 0 aromatic heterocycles. The SMILES string of the molecule is COc1ccccc1CC(=O)Nc1cc([N+](=O)[O-])ccc1O. The Morgan fingerprint density at radius 1 is 1.32 bits per heavy atom. The van der Waals surface area contributed by atoms with E-state index in [4.69, 9.17) is 4.74 Å². The van der Waals surface area contributed by atoms with Crippen molar-refractivity contribution in [2.75, 3.05) is 12.4 Å². The maximum atomic E-state index is 12.0. The fourth-order valence-electron chi connectivity index (χ4n) is 1.95. The number of anilines is 1. The van der Waals surface area contributed by atoms with Crippen LogP contribution in [0.4, 0.5) is 11.4 Å². The summed E-state index contributed by atoms with van der Waals surface area (Å²) >= 11 is 0. The molecule has 114 valence electrons. The molecule has 0 saturated heterocycles. The number of phenols is 1. The first-order valence-electron chi connectivity index (χ1n) is 6.40. The number of benzene rings is 2. The number of carbonyl (C=O) groups excluding carboxylic acids is 1. The Morgan fingerprint density at radius 2 is 2.05 bits per heavy atom. The van der Waals surface area contributed by atoms with Crippen molar-refractivity contribution in [1.82, 2.24) is 0 Å². The highest BCUT2D eigenvalue weighted by Crippen LogP contribution is 2.28. The third-order valence-electron chi connectivity index (χ3n) is 3.01. The topological polar surface area (TPSA) is 102 Å². The van der Waals surface area contributed by atoms with Crippen LogP contribution in [0.15, 0.2) is 42.5 Å². The van der Waals surface area contributed by atoms with Gasteiger partial charge in [-0.05, 0) is 12.1 Å². The number of nitrogens with zero attached hydrogens (tertiary/aromatic N) is 1. The van der Waals surface area contributed by atoms with Crippen molar-refractivity contribution in [2.45, 2.75) is 6.42 Å². The lowest BCUT2D eigenvalue weighted by molar-refractivity contribution is -0.384. The molecule has 7 nitrogen and oxygen atoms in total. The van der Waals surface area contributed by atoms with Crippen LogP contribution in [0, 0.1) is 10.1 Å². The number of hydrogen-bond donors (Lipinski definition) is 2. The van der Waals surface area contributed by atoms with Crippen molar-refractivity contribution in [1.29, 1.82) is 0 Å². The quantitative estimate of drug-likeness (QED) is 0.502. The first kappa shape index (κ1) is 15.3. The van der Waals surface area contributed by atoms with E-state index in [1.54, 1.807) is 24.3 Å². The molecule has 2 aromatic rings. The number of methoxy groups -OCH3 is 1. The van der Waals surface area contributed by atoms with E-state index in [0.717, 1.165) is 18.2 Å². The molecule has 0 unspecified atom stereocenters. The van der Waals surface area contributed by atoms with Crippen molar-refractivity contribution in [3.63, 3.8) is 0 Å². The summed E-state index contributed by atoms with van der Waals surface area (Å²) < 4.78 is 5.15. The third kappa shape index (κ3) is 3.51. The zero-order chi connectivity index (χ0) is 16.1. The predicted molar refractivity (Wildman–Crippen MR) is 80.1 cm³/mol. The van der Waals surface area contributed by atoms with Crippen molar-refractivity contribution < 1.29 is 19.6 Å². The monoisotopic (exact) mass is 302 g/mol. The smallest absolute Gasteiger partial charge is 0.271 e. The lowest BCUT2D eigenvalue weighted by atomic mass is 10.1. The zero-order valence-electron chi connectivity index (χ0n) is 11.8. The van der Waals surface area contributed by atoms with Crippen LogP contribution >= 0.6 is 0 Å². The molecule has 1 amide bonds. The Balaban J connectivity index is 2.15. The van der Waals surface area contributed by atoms with E-state index in [9.17, 15) is 20.0 Å². The Morgan fingerprint density at radius 3 is 2.73 bits per heavy atom. The van der Waals surface area contributed by atoms with Crippen molar-refractivity contribution in [2.24, 2.45) is 0 Å². The molecule has 7 heteroatoms. The van der Waals surface area contributed by atoms with Gasteiger partial charge in [0.05, 0.1) is 24.1 Å². The molecule has 2 N–H and O–H groups in total. The average Bonchev–Trinajstić information content (AvgIpc) is 2.49. The molecular weight excluding hydrogens is 288 g/mol. The molecule has 0 aliphatic rings. The number of ether oxygens (including phenoxy) is 1. The standard InChI is InChI=1S/C15H14N2O5/c1-22-14-5-3-2-4-10(14)8-15(19)16-12-9-11(17(20)21)6-7-13(12)18/h2-7,9,18H,8H2,1H3,(H,16,19). The van der Waals surface area contributed by atoms with Crippen LogP contribution in [0.3, 0.4) is 0 Å². The molecule has 0 aliphatic heterocycles. The van der Waals surface area contributed by atoms with Gasteiger partial charge in [-0.3, -0.25) is 14.9 Å². The number of hydrogen-bond acceptors (Lipinski definition) is 5. The summed E-state index contributed by atoms with van der Waals surface area (Å²) in [6.07, 6.45) is 0.0200. The van der Waals surface area contributed by atoms with Gasteiger partial charge in [0.25, 0.3) is 5.69 Å². The van der Waals surface area contributed by atoms with Gasteiger partial charge in [0.2, 0.25) is 5.91 Å². The Labute approximate surface area is 126 Å². The van der Waals surface area contributed by atoms with Gasteiger partial charge in [-0.15, -0.1) is 0 Å². The fourth-order valence-corrected chi connectivity index (χ4v) is 1.95. The number of phenolic OH excluding ortho intramolecular Hbond substituents is 1. The largest absolute Gasteiger partial charge is 0.506 e. The van der Waals surface area contributed by atoms with Gasteiger partial charge in [0.15, 0.2) is 0 Å². The van der Waals surface area contributed by atoms with Crippen LogP contribution in [0.1, 0.15) is 5.56 Å². The van der Waals surface area contributed by atoms with Crippen molar-refractivity contribution >= 4 is 17.3 Å². The third-order valence-corrected chi connectivity index (χ3v) is 3.01. The zero-order valence-corrected chi connectivity index (χ0v) is 11.8. The van der Waals surface area contributed by atoms with Gasteiger partial charge < -0.3 is 15.2 Å². The number of amides is 1. The first-order valence-corrected chi connectivity index (χ1v) is 6.40. The predicted octanol–water partition coefficient (Wildman–Crippen LogP) is 2.49. The fraction of sp³-hybridized carbons (Fsp3) is 0.133. The summed E-state index contributed by atoms with van der Waals surface area (Å²) in [6.45, 7) is 0. The van der Waals surface area contributed by atoms with Gasteiger partial charge >= 0.3 is 0 Å². The van der Waals surface area contributed by atoms with E-state index in [1.165, 1.54) is 7.11 Å². The van der Waals surface area contributed by atoms with Gasteiger partial charge in [-0.1, -0.05) is 18.2 Å². The molecule has 0 aliphatic carbocycles. The minimum Gasteiger partial charge on any atom is -0.506 e. The van der Waals surface area contributed by atoms with Crippen LogP contribution in [0.2, 0.25) is 0 Å². The first-order chi connectivity index (χ1) is 10.5. The molecular formula is C15H14N2O5. The van der Waals surface area contributed by atoms with E-state index in [-0.39, 0.29) is 23.5 Å². The molecule has 0 saturated carbocycles. The highest BCUT2D eigenvalue weighted by molar-refractivity contribution is 5.94.